The molecule has 1 amide bonds. The highest BCUT2D eigenvalue weighted by molar-refractivity contribution is 7.89. The van der Waals surface area contributed by atoms with Gasteiger partial charge in [0, 0.05) is 19.0 Å². The zero-order valence-corrected chi connectivity index (χ0v) is 19.8. The molecule has 1 aliphatic carbocycles. The van der Waals surface area contributed by atoms with Gasteiger partial charge in [-0.05, 0) is 40.8 Å². The number of amides is 1. The maximum atomic E-state index is 13.2. The molecule has 0 saturated carbocycles. The average molecular weight is 491 g/mol. The number of carbonyl (C=O) groups is 1. The number of carbonyl (C=O) groups excluding carboxylic acids is 1. The van der Waals surface area contributed by atoms with E-state index in [-0.39, 0.29) is 24.0 Å². The summed E-state index contributed by atoms with van der Waals surface area (Å²) in [6.45, 7) is 0.479. The van der Waals surface area contributed by atoms with Crippen LogP contribution in [0.2, 0.25) is 0 Å². The van der Waals surface area contributed by atoms with Crippen LogP contribution in [-0.4, -0.2) is 66.7 Å². The minimum atomic E-state index is -3.77. The lowest BCUT2D eigenvalue weighted by molar-refractivity contribution is 0.0634. The summed E-state index contributed by atoms with van der Waals surface area (Å²) in [7, 11) is -3.77. The number of nitrogens with zero attached hydrogens (tertiary/aromatic N) is 2. The van der Waals surface area contributed by atoms with Crippen molar-refractivity contribution in [2.75, 3.05) is 19.7 Å². The van der Waals surface area contributed by atoms with Gasteiger partial charge in [-0.2, -0.15) is 4.31 Å². The molecule has 8 heteroatoms. The third-order valence-corrected chi connectivity index (χ3v) is 9.38. The molecule has 1 N–H and O–H groups in total. The molecule has 2 unspecified atom stereocenters. The average Bonchev–Trinajstić information content (AvgIpc) is 3.55. The Bertz CT molecular complexity index is 1330. The van der Waals surface area contributed by atoms with Gasteiger partial charge in [0.15, 0.2) is 0 Å². The molecule has 0 spiro atoms. The largest absolute Gasteiger partial charge is 0.448 e. The fourth-order valence-corrected chi connectivity index (χ4v) is 7.61. The molecule has 3 aromatic carbocycles. The Hall–Kier alpha value is -3.20. The maximum absolute atomic E-state index is 13.2. The van der Waals surface area contributed by atoms with Gasteiger partial charge < -0.3 is 14.7 Å². The first-order valence-electron chi connectivity index (χ1n) is 11.8. The van der Waals surface area contributed by atoms with Crippen molar-refractivity contribution in [1.82, 2.24) is 9.21 Å². The number of rotatable bonds is 4. The normalized spacial score (nSPS) is 23.7. The number of ether oxygens (including phenoxy) is 1. The van der Waals surface area contributed by atoms with E-state index in [1.165, 1.54) is 9.21 Å². The fraction of sp³-hybridized carbons (Fsp3) is 0.296. The van der Waals surface area contributed by atoms with Gasteiger partial charge in [-0.1, -0.05) is 66.7 Å². The minimum Gasteiger partial charge on any atom is -0.448 e. The molecule has 2 aliphatic heterocycles. The first kappa shape index (κ1) is 22.3. The first-order valence-corrected chi connectivity index (χ1v) is 13.3. The summed E-state index contributed by atoms with van der Waals surface area (Å²) in [5.74, 6) is -0.0618. The van der Waals surface area contributed by atoms with Gasteiger partial charge >= 0.3 is 6.09 Å². The maximum Gasteiger partial charge on any atom is 0.410 e. The van der Waals surface area contributed by atoms with Crippen LogP contribution in [0.3, 0.4) is 0 Å². The lowest BCUT2D eigenvalue weighted by Gasteiger charge is -2.26. The summed E-state index contributed by atoms with van der Waals surface area (Å²) < 4.78 is 33.6. The molecule has 2 heterocycles. The van der Waals surface area contributed by atoms with Crippen LogP contribution in [0.1, 0.15) is 23.5 Å². The van der Waals surface area contributed by atoms with E-state index in [0.717, 1.165) is 22.3 Å². The van der Waals surface area contributed by atoms with Crippen molar-refractivity contribution in [3.63, 3.8) is 0 Å². The van der Waals surface area contributed by atoms with Crippen molar-refractivity contribution < 1.29 is 23.1 Å². The SMILES string of the molecule is O=C(OCC1c2ccccc2-c2ccccc21)N1CCC2[C@H]1C(O)CN2S(=O)(=O)c1ccccc1. The second-order valence-corrected chi connectivity index (χ2v) is 11.2. The summed E-state index contributed by atoms with van der Waals surface area (Å²) in [6.07, 6.45) is -1.03. The molecular formula is C27H26N2O5S. The topological polar surface area (TPSA) is 87.2 Å². The number of hydrogen-bond donors (Lipinski definition) is 1. The number of aliphatic hydroxyl groups is 1. The van der Waals surface area contributed by atoms with Gasteiger partial charge in [-0.15, -0.1) is 0 Å². The molecule has 0 radical (unpaired) electrons. The first-order chi connectivity index (χ1) is 17.0. The van der Waals surface area contributed by atoms with Gasteiger partial charge in [0.2, 0.25) is 10.0 Å². The molecule has 3 aliphatic rings. The Labute approximate surface area is 204 Å². The van der Waals surface area contributed by atoms with E-state index >= 15 is 0 Å². The zero-order valence-electron chi connectivity index (χ0n) is 19.0. The second kappa shape index (κ2) is 8.48. The summed E-state index contributed by atoms with van der Waals surface area (Å²) in [6, 6.07) is 23.4. The Balaban J connectivity index is 1.19. The van der Waals surface area contributed by atoms with Crippen molar-refractivity contribution in [3.05, 3.63) is 90.0 Å². The van der Waals surface area contributed by atoms with E-state index in [9.17, 15) is 18.3 Å². The van der Waals surface area contributed by atoms with Crippen molar-refractivity contribution in [1.29, 1.82) is 0 Å². The van der Waals surface area contributed by atoms with E-state index in [1.54, 1.807) is 30.3 Å². The number of benzene rings is 3. The molecule has 2 saturated heterocycles. The Kier molecular flexibility index (Phi) is 5.40. The fourth-order valence-electron chi connectivity index (χ4n) is 5.90. The molecule has 0 bridgehead atoms. The Morgan fingerprint density at radius 3 is 2.17 bits per heavy atom. The highest BCUT2D eigenvalue weighted by Crippen LogP contribution is 2.45. The molecule has 0 aromatic heterocycles. The van der Waals surface area contributed by atoms with Crippen molar-refractivity contribution in [3.8, 4) is 11.1 Å². The third kappa shape index (κ3) is 3.55. The summed E-state index contributed by atoms with van der Waals surface area (Å²) in [4.78, 5) is 14.9. The van der Waals surface area contributed by atoms with Crippen molar-refractivity contribution in [2.45, 2.75) is 35.4 Å². The predicted molar refractivity (Wildman–Crippen MR) is 130 cm³/mol. The van der Waals surface area contributed by atoms with Crippen molar-refractivity contribution in [2.24, 2.45) is 0 Å². The second-order valence-electron chi connectivity index (χ2n) is 9.30. The van der Waals surface area contributed by atoms with Crippen LogP contribution in [0.4, 0.5) is 4.79 Å². The van der Waals surface area contributed by atoms with Crippen LogP contribution in [0.25, 0.3) is 11.1 Å². The molecule has 6 rings (SSSR count). The number of sulfonamides is 1. The van der Waals surface area contributed by atoms with E-state index in [0.29, 0.717) is 13.0 Å². The van der Waals surface area contributed by atoms with Crippen LogP contribution in [0, 0.1) is 0 Å². The number of aliphatic hydroxyl groups excluding tert-OH is 1. The monoisotopic (exact) mass is 490 g/mol. The quantitative estimate of drug-likeness (QED) is 0.606. The van der Waals surface area contributed by atoms with Crippen LogP contribution in [0.5, 0.6) is 0 Å². The van der Waals surface area contributed by atoms with E-state index in [2.05, 4.69) is 24.3 Å². The molecule has 3 aromatic rings. The van der Waals surface area contributed by atoms with Gasteiger partial charge in [-0.3, -0.25) is 0 Å². The van der Waals surface area contributed by atoms with Crippen LogP contribution >= 0.6 is 0 Å². The van der Waals surface area contributed by atoms with Gasteiger partial charge in [0.25, 0.3) is 0 Å². The van der Waals surface area contributed by atoms with E-state index in [1.807, 2.05) is 24.3 Å². The van der Waals surface area contributed by atoms with Gasteiger partial charge in [0.1, 0.15) is 6.61 Å². The Morgan fingerprint density at radius 1 is 0.914 bits per heavy atom. The summed E-state index contributed by atoms with van der Waals surface area (Å²) in [5, 5.41) is 10.8. The molecule has 2 fully saturated rings. The van der Waals surface area contributed by atoms with E-state index in [4.69, 9.17) is 4.74 Å². The summed E-state index contributed by atoms with van der Waals surface area (Å²) >= 11 is 0. The summed E-state index contributed by atoms with van der Waals surface area (Å²) in [5.41, 5.74) is 4.56. The molecule has 3 atom stereocenters. The molecule has 180 valence electrons. The van der Waals surface area contributed by atoms with Crippen LogP contribution in [-0.2, 0) is 14.8 Å². The smallest absolute Gasteiger partial charge is 0.410 e. The van der Waals surface area contributed by atoms with Gasteiger partial charge in [-0.25, -0.2) is 13.2 Å². The third-order valence-electron chi connectivity index (χ3n) is 7.47. The molecule has 7 nitrogen and oxygen atoms in total. The van der Waals surface area contributed by atoms with E-state index < -0.39 is 34.3 Å². The Morgan fingerprint density at radius 2 is 1.51 bits per heavy atom. The lowest BCUT2D eigenvalue weighted by atomic mass is 9.98. The number of β-amino-alcohol motifs (C(OH)–C–C–N with tert-alkyl or cyclic N) is 1. The molecule has 35 heavy (non-hydrogen) atoms. The van der Waals surface area contributed by atoms with Crippen LogP contribution < -0.4 is 0 Å². The molecular weight excluding hydrogens is 464 g/mol. The lowest BCUT2D eigenvalue weighted by Crippen LogP contribution is -2.45. The number of hydrogen-bond acceptors (Lipinski definition) is 5. The minimum absolute atomic E-state index is 0.0419. The van der Waals surface area contributed by atoms with Gasteiger partial charge in [0.05, 0.1) is 23.1 Å². The standard InChI is InChI=1S/C27H26N2O5S/c30-25-16-29(35(32,33)18-8-2-1-3-9-18)24-14-15-28(26(24)25)27(31)34-17-23-21-12-6-4-10-19(21)20-11-5-7-13-22(20)23/h1-13,23-26,30H,14-17H2/t24?,25?,26-/m0/s1. The predicted octanol–water partition coefficient (Wildman–Crippen LogP) is 3.44. The highest BCUT2D eigenvalue weighted by Gasteiger charge is 2.54. The zero-order chi connectivity index (χ0) is 24.2. The number of likely N-dealkylation sites (tertiary alicyclic amines) is 1. The highest BCUT2D eigenvalue weighted by atomic mass is 32.2. The number of fused-ring (bicyclic) bond motifs is 4. The van der Waals surface area contributed by atoms with Crippen molar-refractivity contribution >= 4 is 16.1 Å². The van der Waals surface area contributed by atoms with Crippen LogP contribution in [0.15, 0.2) is 83.8 Å².